The zero-order valence-electron chi connectivity index (χ0n) is 10.1. The predicted molar refractivity (Wildman–Crippen MR) is 67.5 cm³/mol. The van der Waals surface area contributed by atoms with E-state index in [2.05, 4.69) is 6.07 Å². The van der Waals surface area contributed by atoms with E-state index in [1.807, 2.05) is 0 Å². The topological polar surface area (TPSA) is 64.3 Å². The van der Waals surface area contributed by atoms with E-state index in [4.69, 9.17) is 16.7 Å². The fourth-order valence-corrected chi connectivity index (χ4v) is 2.46. The van der Waals surface area contributed by atoms with Crippen molar-refractivity contribution in [2.75, 3.05) is 13.1 Å². The number of likely N-dealkylation sites (tertiary alicyclic amines) is 1. The number of piperidine rings is 1. The van der Waals surface area contributed by atoms with E-state index in [9.17, 15) is 14.4 Å². The lowest BCUT2D eigenvalue weighted by Gasteiger charge is -2.36. The van der Waals surface area contributed by atoms with Crippen molar-refractivity contribution in [1.29, 1.82) is 5.26 Å². The lowest BCUT2D eigenvalue weighted by atomic mass is 9.74. The van der Waals surface area contributed by atoms with Crippen LogP contribution in [0.2, 0.25) is 5.02 Å². The molecule has 0 radical (unpaired) electrons. The highest BCUT2D eigenvalue weighted by atomic mass is 35.5. The van der Waals surface area contributed by atoms with E-state index in [0.717, 1.165) is 0 Å². The van der Waals surface area contributed by atoms with Crippen molar-refractivity contribution < 1.29 is 14.3 Å². The minimum Gasteiger partial charge on any atom is -0.465 e. The third kappa shape index (κ3) is 2.49. The molecule has 0 spiro atoms. The molecule has 0 atom stereocenters. The lowest BCUT2D eigenvalue weighted by molar-refractivity contribution is 0.125. The molecule has 0 saturated carbocycles. The van der Waals surface area contributed by atoms with Crippen molar-refractivity contribution in [2.45, 2.75) is 18.3 Å². The van der Waals surface area contributed by atoms with Crippen LogP contribution in [-0.2, 0) is 5.41 Å². The number of nitriles is 1. The summed E-state index contributed by atoms with van der Waals surface area (Å²) >= 11 is 5.63. The zero-order valence-corrected chi connectivity index (χ0v) is 10.8. The van der Waals surface area contributed by atoms with Crippen molar-refractivity contribution in [3.63, 3.8) is 0 Å². The molecule has 0 aliphatic carbocycles. The molecule has 1 heterocycles. The van der Waals surface area contributed by atoms with Gasteiger partial charge in [-0.1, -0.05) is 17.7 Å². The van der Waals surface area contributed by atoms with Crippen molar-refractivity contribution in [3.05, 3.63) is 34.6 Å². The summed E-state index contributed by atoms with van der Waals surface area (Å²) in [5, 5.41) is 18.3. The fraction of sp³-hybridized carbons (Fsp3) is 0.385. The van der Waals surface area contributed by atoms with Gasteiger partial charge in [-0.3, -0.25) is 0 Å². The molecule has 1 aromatic rings. The van der Waals surface area contributed by atoms with Crippen LogP contribution >= 0.6 is 11.6 Å². The Morgan fingerprint density at radius 2 is 2.11 bits per heavy atom. The van der Waals surface area contributed by atoms with Crippen LogP contribution < -0.4 is 0 Å². The highest BCUT2D eigenvalue weighted by Crippen LogP contribution is 2.36. The van der Waals surface area contributed by atoms with Gasteiger partial charge < -0.3 is 10.0 Å². The van der Waals surface area contributed by atoms with Crippen LogP contribution in [0, 0.1) is 17.1 Å². The molecule has 19 heavy (non-hydrogen) atoms. The second-order valence-corrected chi connectivity index (χ2v) is 5.00. The van der Waals surface area contributed by atoms with Crippen LogP contribution in [0.1, 0.15) is 18.4 Å². The van der Waals surface area contributed by atoms with Crippen LogP contribution in [0.4, 0.5) is 9.18 Å². The van der Waals surface area contributed by atoms with E-state index < -0.39 is 17.3 Å². The van der Waals surface area contributed by atoms with Gasteiger partial charge in [-0.2, -0.15) is 5.26 Å². The van der Waals surface area contributed by atoms with E-state index in [0.29, 0.717) is 18.4 Å². The molecule has 0 bridgehead atoms. The summed E-state index contributed by atoms with van der Waals surface area (Å²) in [5.74, 6) is -0.561. The van der Waals surface area contributed by atoms with E-state index in [1.165, 1.54) is 17.0 Å². The van der Waals surface area contributed by atoms with Crippen LogP contribution in [0.15, 0.2) is 18.2 Å². The van der Waals surface area contributed by atoms with Crippen molar-refractivity contribution in [1.82, 2.24) is 4.90 Å². The standard InChI is InChI=1S/C13H12ClFN2O2/c14-10-2-1-9(7-11(10)15)13(8-16)3-5-17(6-4-13)12(18)19/h1-2,7H,3-6H2,(H,18,19). The molecule has 0 unspecified atom stereocenters. The summed E-state index contributed by atoms with van der Waals surface area (Å²) in [7, 11) is 0. The summed E-state index contributed by atoms with van der Waals surface area (Å²) in [6, 6.07) is 6.53. The second-order valence-electron chi connectivity index (χ2n) is 4.59. The highest BCUT2D eigenvalue weighted by molar-refractivity contribution is 6.30. The van der Waals surface area contributed by atoms with E-state index in [-0.39, 0.29) is 18.1 Å². The Bertz CT molecular complexity index is 548. The Hall–Kier alpha value is -1.80. The third-order valence-electron chi connectivity index (χ3n) is 3.57. The Kier molecular flexibility index (Phi) is 3.63. The van der Waals surface area contributed by atoms with Crippen molar-refractivity contribution in [3.8, 4) is 6.07 Å². The molecule has 1 fully saturated rings. The minimum absolute atomic E-state index is 0.0137. The molecule has 1 amide bonds. The molecule has 1 aromatic carbocycles. The van der Waals surface area contributed by atoms with Gasteiger partial charge in [0.25, 0.3) is 0 Å². The van der Waals surface area contributed by atoms with Gasteiger partial charge in [-0.05, 0) is 30.5 Å². The minimum atomic E-state index is -0.992. The second kappa shape index (κ2) is 5.06. The maximum absolute atomic E-state index is 13.5. The molecule has 1 saturated heterocycles. The van der Waals surface area contributed by atoms with Crippen LogP contribution in [-0.4, -0.2) is 29.2 Å². The Morgan fingerprint density at radius 1 is 1.47 bits per heavy atom. The molecular formula is C13H12ClFN2O2. The third-order valence-corrected chi connectivity index (χ3v) is 3.88. The van der Waals surface area contributed by atoms with Gasteiger partial charge in [0.1, 0.15) is 5.82 Å². The average Bonchev–Trinajstić information content (AvgIpc) is 2.42. The summed E-state index contributed by atoms with van der Waals surface area (Å²) in [4.78, 5) is 12.1. The first kappa shape index (κ1) is 13.6. The molecule has 2 rings (SSSR count). The number of carboxylic acid groups (broad SMARTS) is 1. The monoisotopic (exact) mass is 282 g/mol. The quantitative estimate of drug-likeness (QED) is 0.861. The number of halogens is 2. The van der Waals surface area contributed by atoms with Crippen molar-refractivity contribution in [2.24, 2.45) is 0 Å². The van der Waals surface area contributed by atoms with Crippen LogP contribution in [0.25, 0.3) is 0 Å². The number of benzene rings is 1. The molecule has 0 aromatic heterocycles. The average molecular weight is 283 g/mol. The van der Waals surface area contributed by atoms with E-state index >= 15 is 0 Å². The molecule has 4 nitrogen and oxygen atoms in total. The first-order valence-corrected chi connectivity index (χ1v) is 6.21. The summed E-state index contributed by atoms with van der Waals surface area (Å²) in [5.41, 5.74) is -0.279. The predicted octanol–water partition coefficient (Wildman–Crippen LogP) is 3.01. The molecular weight excluding hydrogens is 271 g/mol. The van der Waals surface area contributed by atoms with Gasteiger partial charge in [-0.25, -0.2) is 9.18 Å². The lowest BCUT2D eigenvalue weighted by Crippen LogP contribution is -2.44. The first-order valence-electron chi connectivity index (χ1n) is 5.83. The van der Waals surface area contributed by atoms with Crippen molar-refractivity contribution >= 4 is 17.7 Å². The number of hydrogen-bond donors (Lipinski definition) is 1. The molecule has 1 N–H and O–H groups in total. The van der Waals surface area contributed by atoms with E-state index in [1.54, 1.807) is 6.07 Å². The molecule has 1 aliphatic rings. The summed E-state index contributed by atoms with van der Waals surface area (Å²) in [6.45, 7) is 0.542. The Morgan fingerprint density at radius 3 is 2.58 bits per heavy atom. The maximum Gasteiger partial charge on any atom is 0.407 e. The van der Waals surface area contributed by atoms with Gasteiger partial charge in [0.05, 0.1) is 16.5 Å². The molecule has 100 valence electrons. The normalized spacial score (nSPS) is 17.8. The number of rotatable bonds is 1. The molecule has 6 heteroatoms. The number of nitrogens with zero attached hydrogens (tertiary/aromatic N) is 2. The fourth-order valence-electron chi connectivity index (χ4n) is 2.34. The van der Waals surface area contributed by atoms with Gasteiger partial charge >= 0.3 is 6.09 Å². The number of carbonyl (C=O) groups is 1. The molecule has 1 aliphatic heterocycles. The van der Waals surface area contributed by atoms with Gasteiger partial charge in [0.2, 0.25) is 0 Å². The highest BCUT2D eigenvalue weighted by Gasteiger charge is 2.38. The zero-order chi connectivity index (χ0) is 14.0. The number of hydrogen-bond acceptors (Lipinski definition) is 2. The van der Waals surface area contributed by atoms with Crippen LogP contribution in [0.3, 0.4) is 0 Å². The van der Waals surface area contributed by atoms with Gasteiger partial charge in [-0.15, -0.1) is 0 Å². The summed E-state index contributed by atoms with van der Waals surface area (Å²) < 4.78 is 13.5. The maximum atomic E-state index is 13.5. The SMILES string of the molecule is N#CC1(c2ccc(Cl)c(F)c2)CCN(C(=O)O)CC1. The summed E-state index contributed by atoms with van der Waals surface area (Å²) in [6.07, 6.45) is -0.276. The first-order chi connectivity index (χ1) is 8.98. The number of amides is 1. The Balaban J connectivity index is 2.28. The largest absolute Gasteiger partial charge is 0.465 e. The smallest absolute Gasteiger partial charge is 0.407 e. The van der Waals surface area contributed by atoms with Gasteiger partial charge in [0.15, 0.2) is 0 Å². The van der Waals surface area contributed by atoms with Crippen LogP contribution in [0.5, 0.6) is 0 Å². The van der Waals surface area contributed by atoms with Gasteiger partial charge in [0, 0.05) is 13.1 Å². The Labute approximate surface area is 115 Å².